The van der Waals surface area contributed by atoms with E-state index < -0.39 is 23.3 Å². The van der Waals surface area contributed by atoms with E-state index in [9.17, 15) is 24.3 Å². The summed E-state index contributed by atoms with van der Waals surface area (Å²) in [5.41, 5.74) is 1.89. The minimum Gasteiger partial charge on any atom is -0.480 e. The lowest BCUT2D eigenvalue weighted by Crippen LogP contribution is -2.56. The predicted molar refractivity (Wildman–Crippen MR) is 114 cm³/mol. The number of benzene rings is 1. The molecule has 2 amide bonds. The van der Waals surface area contributed by atoms with Crippen LogP contribution in [0.5, 0.6) is 0 Å². The van der Waals surface area contributed by atoms with E-state index in [1.54, 1.807) is 0 Å². The summed E-state index contributed by atoms with van der Waals surface area (Å²) in [4.78, 5) is 51.4. The molecule has 0 aliphatic carbocycles. The third-order valence-corrected chi connectivity index (χ3v) is 7.12. The zero-order valence-corrected chi connectivity index (χ0v) is 18.3. The van der Waals surface area contributed by atoms with Crippen molar-refractivity contribution in [2.45, 2.75) is 69.8 Å². The van der Waals surface area contributed by atoms with E-state index in [1.165, 1.54) is 11.8 Å². The highest BCUT2D eigenvalue weighted by molar-refractivity contribution is 8.14. The van der Waals surface area contributed by atoms with Crippen molar-refractivity contribution in [2.75, 3.05) is 0 Å². The van der Waals surface area contributed by atoms with E-state index in [-0.39, 0.29) is 28.9 Å². The Morgan fingerprint density at radius 1 is 1.20 bits per heavy atom. The highest BCUT2D eigenvalue weighted by atomic mass is 32.2. The molecule has 7 nitrogen and oxygen atoms in total. The van der Waals surface area contributed by atoms with E-state index in [0.717, 1.165) is 29.3 Å². The van der Waals surface area contributed by atoms with Crippen molar-refractivity contribution in [3.63, 3.8) is 0 Å². The van der Waals surface area contributed by atoms with Crippen molar-refractivity contribution in [3.05, 3.63) is 35.4 Å². The average molecular weight is 433 g/mol. The van der Waals surface area contributed by atoms with Gasteiger partial charge in [-0.25, -0.2) is 4.79 Å². The van der Waals surface area contributed by atoms with Crippen LogP contribution in [-0.4, -0.2) is 50.2 Å². The minimum absolute atomic E-state index is 0.0958. The van der Waals surface area contributed by atoms with Crippen LogP contribution in [0.2, 0.25) is 0 Å². The second kappa shape index (κ2) is 9.20. The van der Waals surface area contributed by atoms with Crippen molar-refractivity contribution in [1.29, 1.82) is 0 Å². The summed E-state index contributed by atoms with van der Waals surface area (Å²) in [6.45, 7) is 5.12. The maximum Gasteiger partial charge on any atom is 0.326 e. The van der Waals surface area contributed by atoms with Gasteiger partial charge in [0.15, 0.2) is 5.12 Å². The fourth-order valence-electron chi connectivity index (χ4n) is 4.43. The molecule has 2 heterocycles. The highest BCUT2D eigenvalue weighted by Crippen LogP contribution is 2.39. The number of carboxylic acids is 1. The molecule has 162 valence electrons. The van der Waals surface area contributed by atoms with Gasteiger partial charge in [-0.15, -0.1) is 0 Å². The van der Waals surface area contributed by atoms with Crippen LogP contribution < -0.4 is 5.32 Å². The number of aliphatic carboxylic acids is 1. The van der Waals surface area contributed by atoms with Gasteiger partial charge in [-0.1, -0.05) is 49.9 Å². The molecule has 30 heavy (non-hydrogen) atoms. The molecule has 1 aromatic rings. The van der Waals surface area contributed by atoms with Crippen LogP contribution in [0, 0.1) is 5.92 Å². The molecule has 2 aliphatic heterocycles. The summed E-state index contributed by atoms with van der Waals surface area (Å²) in [6, 6.07) is 5.57. The van der Waals surface area contributed by atoms with Gasteiger partial charge in [0.1, 0.15) is 12.1 Å². The van der Waals surface area contributed by atoms with Gasteiger partial charge in [-0.2, -0.15) is 0 Å². The number of hydrogen-bond donors (Lipinski definition) is 2. The molecule has 0 spiro atoms. The monoisotopic (exact) mass is 432 g/mol. The summed E-state index contributed by atoms with van der Waals surface area (Å²) in [5.74, 6) is -1.86. The normalized spacial score (nSPS) is 24.5. The Morgan fingerprint density at radius 2 is 1.90 bits per heavy atom. The number of thioether (sulfide) groups is 1. The first-order valence-electron chi connectivity index (χ1n) is 10.3. The summed E-state index contributed by atoms with van der Waals surface area (Å²) in [5, 5.41) is 11.8. The van der Waals surface area contributed by atoms with Crippen LogP contribution in [0.4, 0.5) is 0 Å². The van der Waals surface area contributed by atoms with E-state index in [4.69, 9.17) is 0 Å². The predicted octanol–water partition coefficient (Wildman–Crippen LogP) is 2.54. The van der Waals surface area contributed by atoms with Gasteiger partial charge in [0.05, 0.1) is 11.3 Å². The Kier molecular flexibility index (Phi) is 6.85. The number of amides is 2. The maximum atomic E-state index is 13.5. The number of carbonyl (C=O) groups excluding carboxylic acids is 3. The van der Waals surface area contributed by atoms with E-state index in [0.29, 0.717) is 19.3 Å². The lowest BCUT2D eigenvalue weighted by atomic mass is 9.89. The SMILES string of the molecule is CC(=O)S[C@H](C(=O)N[C@H]1Cc2ccccc2[C@H]2CCCC(C(=O)O)N2C1=O)C(C)C. The zero-order chi connectivity index (χ0) is 22.0. The fourth-order valence-corrected chi connectivity index (χ4v) is 5.23. The first-order valence-corrected chi connectivity index (χ1v) is 11.2. The Bertz CT molecular complexity index is 856. The van der Waals surface area contributed by atoms with Crippen molar-refractivity contribution in [2.24, 2.45) is 5.92 Å². The van der Waals surface area contributed by atoms with Gasteiger partial charge < -0.3 is 15.3 Å². The summed E-state index contributed by atoms with van der Waals surface area (Å²) < 4.78 is 0. The van der Waals surface area contributed by atoms with Crippen molar-refractivity contribution in [1.82, 2.24) is 10.2 Å². The third-order valence-electron chi connectivity index (χ3n) is 5.78. The molecular formula is C22H28N2O5S. The topological polar surface area (TPSA) is 104 Å². The van der Waals surface area contributed by atoms with Gasteiger partial charge in [-0.05, 0) is 36.3 Å². The minimum atomic E-state index is -1.02. The fraction of sp³-hybridized carbons (Fsp3) is 0.545. The molecule has 4 atom stereocenters. The van der Waals surface area contributed by atoms with Gasteiger partial charge in [0, 0.05) is 13.3 Å². The third kappa shape index (κ3) is 4.53. The van der Waals surface area contributed by atoms with Crippen LogP contribution in [0.3, 0.4) is 0 Å². The maximum absolute atomic E-state index is 13.5. The molecule has 0 aromatic heterocycles. The van der Waals surface area contributed by atoms with E-state index >= 15 is 0 Å². The number of carbonyl (C=O) groups is 4. The smallest absolute Gasteiger partial charge is 0.326 e. The van der Waals surface area contributed by atoms with Gasteiger partial charge >= 0.3 is 5.97 Å². The van der Waals surface area contributed by atoms with Crippen molar-refractivity contribution < 1.29 is 24.3 Å². The van der Waals surface area contributed by atoms with Crippen LogP contribution >= 0.6 is 11.8 Å². The number of fused-ring (bicyclic) bond motifs is 3. The average Bonchev–Trinajstić information content (AvgIpc) is 2.81. The molecule has 8 heteroatoms. The molecule has 1 saturated heterocycles. The summed E-state index contributed by atoms with van der Waals surface area (Å²) in [7, 11) is 0. The number of carboxylic acid groups (broad SMARTS) is 1. The van der Waals surface area contributed by atoms with Crippen LogP contribution in [0.25, 0.3) is 0 Å². The first-order chi connectivity index (χ1) is 14.2. The van der Waals surface area contributed by atoms with E-state index in [2.05, 4.69) is 5.32 Å². The quantitative estimate of drug-likeness (QED) is 0.741. The Balaban J connectivity index is 1.95. The molecule has 1 aromatic carbocycles. The van der Waals surface area contributed by atoms with Crippen molar-refractivity contribution >= 4 is 34.7 Å². The molecular weight excluding hydrogens is 404 g/mol. The van der Waals surface area contributed by atoms with Gasteiger partial charge in [0.25, 0.3) is 0 Å². The number of rotatable bonds is 5. The highest BCUT2D eigenvalue weighted by Gasteiger charge is 2.45. The number of piperidine rings is 1. The number of nitrogens with one attached hydrogen (secondary N) is 1. The number of hydrogen-bond acceptors (Lipinski definition) is 5. The Hall–Kier alpha value is -2.35. The molecule has 2 N–H and O–H groups in total. The van der Waals surface area contributed by atoms with Crippen molar-refractivity contribution in [3.8, 4) is 0 Å². The van der Waals surface area contributed by atoms with Gasteiger partial charge in [0.2, 0.25) is 11.8 Å². The Morgan fingerprint density at radius 3 is 2.53 bits per heavy atom. The van der Waals surface area contributed by atoms with Gasteiger partial charge in [-0.3, -0.25) is 14.4 Å². The molecule has 0 radical (unpaired) electrons. The molecule has 0 saturated carbocycles. The largest absolute Gasteiger partial charge is 0.480 e. The van der Waals surface area contributed by atoms with Crippen LogP contribution in [-0.2, 0) is 25.6 Å². The second-order valence-electron chi connectivity index (χ2n) is 8.28. The molecule has 0 bridgehead atoms. The Labute approximate surface area is 180 Å². The zero-order valence-electron chi connectivity index (χ0n) is 17.5. The first kappa shape index (κ1) is 22.3. The van der Waals surface area contributed by atoms with E-state index in [1.807, 2.05) is 38.1 Å². The van der Waals surface area contributed by atoms with Crippen LogP contribution in [0.15, 0.2) is 24.3 Å². The number of nitrogens with zero attached hydrogens (tertiary/aromatic N) is 1. The lowest BCUT2D eigenvalue weighted by Gasteiger charge is -2.40. The summed E-state index contributed by atoms with van der Waals surface area (Å²) >= 11 is 0.955. The molecule has 3 rings (SSSR count). The molecule has 1 unspecified atom stereocenters. The molecule has 2 aliphatic rings. The summed E-state index contributed by atoms with van der Waals surface area (Å²) in [6.07, 6.45) is 2.12. The van der Waals surface area contributed by atoms with Crippen LogP contribution in [0.1, 0.15) is 57.2 Å². The molecule has 1 fully saturated rings. The second-order valence-corrected chi connectivity index (χ2v) is 9.60. The standard InChI is InChI=1S/C22H28N2O5S/c1-12(2)19(30-13(3)25)20(26)23-16-11-14-7-4-5-8-15(14)17-9-6-10-18(22(28)29)24(17)21(16)27/h4-5,7-8,12,16-19H,6,9-11H2,1-3H3,(H,23,26)(H,28,29)/t16-,17+,18?,19-/m0/s1. The lowest BCUT2D eigenvalue weighted by molar-refractivity contribution is -0.156.